The number of thioether (sulfide) groups is 1. The van der Waals surface area contributed by atoms with E-state index in [2.05, 4.69) is 15.3 Å². The summed E-state index contributed by atoms with van der Waals surface area (Å²) in [7, 11) is 0. The van der Waals surface area contributed by atoms with Crippen LogP contribution < -0.4 is 5.32 Å². The Morgan fingerprint density at radius 3 is 2.67 bits per heavy atom. The third-order valence-electron chi connectivity index (χ3n) is 2.84. The minimum atomic E-state index is -0.937. The zero-order chi connectivity index (χ0) is 15.6. The molecule has 2 rings (SSSR count). The number of aromatic amines is 1. The number of aromatic nitrogens is 2. The molecule has 0 aliphatic rings. The Bertz CT molecular complexity index is 618. The van der Waals surface area contributed by atoms with Crippen LogP contribution in [0.2, 0.25) is 0 Å². The van der Waals surface area contributed by atoms with Crippen molar-refractivity contribution in [1.82, 2.24) is 15.3 Å². The molecule has 1 atom stereocenters. The van der Waals surface area contributed by atoms with Crippen molar-refractivity contribution >= 4 is 28.7 Å². The number of carbonyl (C=O) groups is 1. The Labute approximate surface area is 125 Å². The van der Waals surface area contributed by atoms with Gasteiger partial charge in [0.15, 0.2) is 16.8 Å². The first-order valence-corrected chi connectivity index (χ1v) is 7.54. The van der Waals surface area contributed by atoms with Gasteiger partial charge in [-0.05, 0) is 12.8 Å². The van der Waals surface area contributed by atoms with E-state index in [1.807, 2.05) is 13.8 Å². The molecule has 7 heteroatoms. The number of fused-ring (bicyclic) bond motifs is 1. The van der Waals surface area contributed by atoms with Gasteiger partial charge < -0.3 is 10.3 Å². The lowest BCUT2D eigenvalue weighted by Crippen LogP contribution is -2.33. The molecule has 1 aromatic carbocycles. The Morgan fingerprint density at radius 2 is 2.00 bits per heavy atom. The third kappa shape index (κ3) is 3.93. The lowest BCUT2D eigenvalue weighted by molar-refractivity contribution is -0.120. The van der Waals surface area contributed by atoms with E-state index in [0.717, 1.165) is 12.1 Å². The van der Waals surface area contributed by atoms with Gasteiger partial charge in [0.25, 0.3) is 0 Å². The highest BCUT2D eigenvalue weighted by Gasteiger charge is 2.17. The molecule has 0 radical (unpaired) electrons. The normalized spacial score (nSPS) is 12.9. The van der Waals surface area contributed by atoms with Crippen LogP contribution in [0.1, 0.15) is 20.8 Å². The van der Waals surface area contributed by atoms with E-state index in [4.69, 9.17) is 0 Å². The molecular weight excluding hydrogens is 296 g/mol. The molecule has 1 unspecified atom stereocenters. The zero-order valence-electron chi connectivity index (χ0n) is 12.0. The van der Waals surface area contributed by atoms with E-state index in [0.29, 0.717) is 28.7 Å². The van der Waals surface area contributed by atoms with Gasteiger partial charge in [-0.3, -0.25) is 4.79 Å². The van der Waals surface area contributed by atoms with Crippen LogP contribution in [0.25, 0.3) is 11.0 Å². The lowest BCUT2D eigenvalue weighted by atomic mass is 10.2. The van der Waals surface area contributed by atoms with Crippen molar-refractivity contribution < 1.29 is 13.6 Å². The minimum absolute atomic E-state index is 0.0912. The van der Waals surface area contributed by atoms with Crippen LogP contribution in [-0.2, 0) is 4.79 Å². The number of imidazole rings is 1. The first kappa shape index (κ1) is 15.8. The molecule has 2 N–H and O–H groups in total. The molecule has 1 amide bonds. The van der Waals surface area contributed by atoms with Crippen LogP contribution in [0.3, 0.4) is 0 Å². The monoisotopic (exact) mass is 313 g/mol. The fourth-order valence-electron chi connectivity index (χ4n) is 1.71. The van der Waals surface area contributed by atoms with E-state index in [9.17, 15) is 13.6 Å². The molecular formula is C14H17F2N3OS. The van der Waals surface area contributed by atoms with Crippen LogP contribution in [0.15, 0.2) is 17.3 Å². The molecule has 114 valence electrons. The molecule has 2 aromatic rings. The van der Waals surface area contributed by atoms with Gasteiger partial charge in [0.2, 0.25) is 5.91 Å². The van der Waals surface area contributed by atoms with Crippen LogP contribution in [0, 0.1) is 17.6 Å². The molecule has 0 aliphatic carbocycles. The van der Waals surface area contributed by atoms with E-state index in [1.54, 1.807) is 6.92 Å². The fourth-order valence-corrected chi connectivity index (χ4v) is 2.55. The maximum Gasteiger partial charge on any atom is 0.233 e. The van der Waals surface area contributed by atoms with Gasteiger partial charge in [0.05, 0.1) is 16.3 Å². The van der Waals surface area contributed by atoms with Gasteiger partial charge >= 0.3 is 0 Å². The summed E-state index contributed by atoms with van der Waals surface area (Å²) in [6.07, 6.45) is 0. The number of nitrogens with zero attached hydrogens (tertiary/aromatic N) is 1. The number of hydrogen-bond donors (Lipinski definition) is 2. The molecule has 0 spiro atoms. The summed E-state index contributed by atoms with van der Waals surface area (Å²) in [5, 5.41) is 2.94. The zero-order valence-corrected chi connectivity index (χ0v) is 12.9. The SMILES string of the molecule is CC(C)CNC(=O)C(C)Sc1nc2cc(F)c(F)cc2[nH]1. The number of nitrogens with one attached hydrogen (secondary N) is 2. The summed E-state index contributed by atoms with van der Waals surface area (Å²) in [5.74, 6) is -1.58. The van der Waals surface area contributed by atoms with Crippen LogP contribution in [-0.4, -0.2) is 27.7 Å². The van der Waals surface area contributed by atoms with Crippen LogP contribution in [0.4, 0.5) is 8.78 Å². The highest BCUT2D eigenvalue weighted by molar-refractivity contribution is 8.00. The Hall–Kier alpha value is -1.63. The van der Waals surface area contributed by atoms with Crippen LogP contribution in [0.5, 0.6) is 0 Å². The molecule has 0 fully saturated rings. The van der Waals surface area contributed by atoms with Crippen molar-refractivity contribution in [3.05, 3.63) is 23.8 Å². The van der Waals surface area contributed by atoms with Gasteiger partial charge in [-0.2, -0.15) is 0 Å². The number of hydrogen-bond acceptors (Lipinski definition) is 3. The van der Waals surface area contributed by atoms with Crippen molar-refractivity contribution in [3.8, 4) is 0 Å². The maximum atomic E-state index is 13.1. The smallest absolute Gasteiger partial charge is 0.233 e. The summed E-state index contributed by atoms with van der Waals surface area (Å²) >= 11 is 1.22. The summed E-state index contributed by atoms with van der Waals surface area (Å²) in [5.41, 5.74) is 0.748. The van der Waals surface area contributed by atoms with Crippen molar-refractivity contribution in [1.29, 1.82) is 0 Å². The average molecular weight is 313 g/mol. The summed E-state index contributed by atoms with van der Waals surface area (Å²) in [6.45, 7) is 6.40. The second-order valence-corrected chi connectivity index (χ2v) is 6.55. The first-order valence-electron chi connectivity index (χ1n) is 6.66. The highest BCUT2D eigenvalue weighted by Crippen LogP contribution is 2.24. The molecule has 0 saturated heterocycles. The summed E-state index contributed by atoms with van der Waals surface area (Å²) in [6, 6.07) is 2.10. The van der Waals surface area contributed by atoms with Gasteiger partial charge in [0.1, 0.15) is 0 Å². The average Bonchev–Trinajstić information content (AvgIpc) is 2.77. The number of rotatable bonds is 5. The molecule has 21 heavy (non-hydrogen) atoms. The van der Waals surface area contributed by atoms with Crippen molar-refractivity contribution in [2.75, 3.05) is 6.54 Å². The third-order valence-corrected chi connectivity index (χ3v) is 3.83. The summed E-state index contributed by atoms with van der Waals surface area (Å²) in [4.78, 5) is 18.9. The fraction of sp³-hybridized carbons (Fsp3) is 0.429. The molecule has 1 aromatic heterocycles. The topological polar surface area (TPSA) is 57.8 Å². The van der Waals surface area contributed by atoms with Crippen LogP contribution >= 0.6 is 11.8 Å². The second kappa shape index (κ2) is 6.43. The molecule has 0 aliphatic heterocycles. The largest absolute Gasteiger partial charge is 0.355 e. The van der Waals surface area contributed by atoms with E-state index in [-0.39, 0.29) is 11.2 Å². The van der Waals surface area contributed by atoms with Gasteiger partial charge in [0, 0.05) is 18.7 Å². The standard InChI is InChI=1S/C14H17F2N3OS/c1-7(2)6-17-13(20)8(3)21-14-18-11-4-9(15)10(16)5-12(11)19-14/h4-5,7-8H,6H2,1-3H3,(H,17,20)(H,18,19). The number of H-pyrrole nitrogens is 1. The van der Waals surface area contributed by atoms with E-state index in [1.165, 1.54) is 11.8 Å². The van der Waals surface area contributed by atoms with Gasteiger partial charge in [-0.15, -0.1) is 0 Å². The second-order valence-electron chi connectivity index (χ2n) is 5.22. The predicted octanol–water partition coefficient (Wildman–Crippen LogP) is 3.09. The maximum absolute atomic E-state index is 13.1. The van der Waals surface area contributed by atoms with E-state index >= 15 is 0 Å². The first-order chi connectivity index (χ1) is 9.86. The number of benzene rings is 1. The van der Waals surface area contributed by atoms with Gasteiger partial charge in [-0.1, -0.05) is 25.6 Å². The van der Waals surface area contributed by atoms with Crippen molar-refractivity contribution in [3.63, 3.8) is 0 Å². The predicted molar refractivity (Wildman–Crippen MR) is 79.2 cm³/mol. The highest BCUT2D eigenvalue weighted by atomic mass is 32.2. The minimum Gasteiger partial charge on any atom is -0.355 e. The Balaban J connectivity index is 2.07. The van der Waals surface area contributed by atoms with Gasteiger partial charge in [-0.25, -0.2) is 13.8 Å². The Morgan fingerprint density at radius 1 is 1.33 bits per heavy atom. The van der Waals surface area contributed by atoms with E-state index < -0.39 is 11.6 Å². The number of carbonyl (C=O) groups excluding carboxylic acids is 1. The number of halogens is 2. The quantitative estimate of drug-likeness (QED) is 0.834. The Kier molecular flexibility index (Phi) is 4.82. The lowest BCUT2D eigenvalue weighted by Gasteiger charge is -2.11. The molecule has 4 nitrogen and oxygen atoms in total. The molecule has 0 saturated carbocycles. The molecule has 1 heterocycles. The van der Waals surface area contributed by atoms with Crippen molar-refractivity contribution in [2.45, 2.75) is 31.2 Å². The summed E-state index contributed by atoms with van der Waals surface area (Å²) < 4.78 is 26.3. The molecule has 0 bridgehead atoms. The van der Waals surface area contributed by atoms with Crippen molar-refractivity contribution in [2.24, 2.45) is 5.92 Å². The number of amides is 1.